The fourth-order valence-corrected chi connectivity index (χ4v) is 4.00. The van der Waals surface area contributed by atoms with Crippen LogP contribution in [0.25, 0.3) is 0 Å². The number of thiazole rings is 1. The van der Waals surface area contributed by atoms with E-state index in [1.54, 1.807) is 11.3 Å². The molecule has 2 rings (SSSR count). The molecule has 1 aliphatic carbocycles. The maximum atomic E-state index is 6.43. The third-order valence-corrected chi connectivity index (χ3v) is 5.17. The summed E-state index contributed by atoms with van der Waals surface area (Å²) in [4.78, 5) is 4.53. The number of nitrogens with two attached hydrogens (primary N) is 1. The highest BCUT2D eigenvalue weighted by atomic mass is 32.1. The Hall–Kier alpha value is -0.410. The van der Waals surface area contributed by atoms with Crippen LogP contribution >= 0.6 is 11.3 Å². The minimum absolute atomic E-state index is 0.274. The van der Waals surface area contributed by atoms with Gasteiger partial charge in [-0.15, -0.1) is 11.3 Å². The van der Waals surface area contributed by atoms with Crippen molar-refractivity contribution in [2.75, 3.05) is 0 Å². The van der Waals surface area contributed by atoms with E-state index in [0.29, 0.717) is 11.3 Å². The quantitative estimate of drug-likeness (QED) is 0.893. The largest absolute Gasteiger partial charge is 0.327 e. The smallest absolute Gasteiger partial charge is 0.0943 e. The molecular formula is C14H24N2S. The minimum Gasteiger partial charge on any atom is -0.327 e. The number of aryl methyl sites for hydroxylation is 1. The Kier molecular flexibility index (Phi) is 3.88. The Balaban J connectivity index is 2.01. The van der Waals surface area contributed by atoms with E-state index in [9.17, 15) is 0 Å². The van der Waals surface area contributed by atoms with Crippen LogP contribution in [0.5, 0.6) is 0 Å². The highest BCUT2D eigenvalue weighted by Crippen LogP contribution is 2.42. The fraction of sp³-hybridized carbons (Fsp3) is 0.786. The zero-order valence-electron chi connectivity index (χ0n) is 11.2. The van der Waals surface area contributed by atoms with E-state index in [1.807, 2.05) is 0 Å². The Labute approximate surface area is 109 Å². The van der Waals surface area contributed by atoms with E-state index < -0.39 is 0 Å². The molecule has 2 unspecified atom stereocenters. The SMILES string of the molecule is Cc1csc(CC(N)C2CCCCC2(C)C)n1. The molecule has 1 fully saturated rings. The Morgan fingerprint density at radius 2 is 2.29 bits per heavy atom. The van der Waals surface area contributed by atoms with E-state index >= 15 is 0 Å². The van der Waals surface area contributed by atoms with Crippen molar-refractivity contribution in [3.8, 4) is 0 Å². The summed E-state index contributed by atoms with van der Waals surface area (Å²) in [6, 6.07) is 0.274. The van der Waals surface area contributed by atoms with Gasteiger partial charge in [-0.1, -0.05) is 26.7 Å². The molecule has 1 aromatic rings. The van der Waals surface area contributed by atoms with Gasteiger partial charge >= 0.3 is 0 Å². The first-order chi connectivity index (χ1) is 7.99. The highest BCUT2D eigenvalue weighted by molar-refractivity contribution is 7.09. The van der Waals surface area contributed by atoms with Crippen molar-refractivity contribution < 1.29 is 0 Å². The molecule has 1 aromatic heterocycles. The van der Waals surface area contributed by atoms with E-state index in [1.165, 1.54) is 30.7 Å². The summed E-state index contributed by atoms with van der Waals surface area (Å²) in [5.41, 5.74) is 7.96. The van der Waals surface area contributed by atoms with Crippen LogP contribution < -0.4 is 5.73 Å². The van der Waals surface area contributed by atoms with Gasteiger partial charge < -0.3 is 5.73 Å². The number of hydrogen-bond donors (Lipinski definition) is 1. The molecule has 0 aromatic carbocycles. The van der Waals surface area contributed by atoms with Crippen LogP contribution in [0.4, 0.5) is 0 Å². The standard InChI is InChI=1S/C14H24N2S/c1-10-9-17-13(16-10)8-12(15)11-6-4-5-7-14(11,2)3/h9,11-12H,4-8,15H2,1-3H3. The van der Waals surface area contributed by atoms with Crippen LogP contribution in [-0.2, 0) is 6.42 Å². The molecular weight excluding hydrogens is 228 g/mol. The van der Waals surface area contributed by atoms with E-state index in [0.717, 1.165) is 12.1 Å². The van der Waals surface area contributed by atoms with Crippen LogP contribution in [0.2, 0.25) is 0 Å². The van der Waals surface area contributed by atoms with Gasteiger partial charge in [0.1, 0.15) is 0 Å². The van der Waals surface area contributed by atoms with Crippen LogP contribution in [0.15, 0.2) is 5.38 Å². The Bertz CT molecular complexity index is 370. The monoisotopic (exact) mass is 252 g/mol. The Morgan fingerprint density at radius 3 is 2.88 bits per heavy atom. The summed E-state index contributed by atoms with van der Waals surface area (Å²) in [5.74, 6) is 0.653. The second-order valence-electron chi connectivity index (χ2n) is 6.09. The average Bonchev–Trinajstić information content (AvgIpc) is 2.63. The first kappa shape index (κ1) is 13.0. The lowest BCUT2D eigenvalue weighted by atomic mass is 9.65. The first-order valence-corrected chi connectivity index (χ1v) is 7.53. The lowest BCUT2D eigenvalue weighted by Crippen LogP contribution is -2.42. The van der Waals surface area contributed by atoms with Gasteiger partial charge in [0.05, 0.1) is 5.01 Å². The molecule has 1 saturated carbocycles. The molecule has 2 nitrogen and oxygen atoms in total. The fourth-order valence-electron chi connectivity index (χ4n) is 3.15. The second-order valence-corrected chi connectivity index (χ2v) is 7.03. The molecule has 0 radical (unpaired) electrons. The minimum atomic E-state index is 0.274. The van der Waals surface area contributed by atoms with E-state index in [2.05, 4.69) is 31.1 Å². The van der Waals surface area contributed by atoms with Crippen molar-refractivity contribution in [1.82, 2.24) is 4.98 Å². The van der Waals surface area contributed by atoms with Crippen LogP contribution in [-0.4, -0.2) is 11.0 Å². The molecule has 2 N–H and O–H groups in total. The highest BCUT2D eigenvalue weighted by Gasteiger charge is 2.36. The molecule has 0 amide bonds. The van der Waals surface area contributed by atoms with Crippen molar-refractivity contribution in [3.63, 3.8) is 0 Å². The molecule has 0 aliphatic heterocycles. The van der Waals surface area contributed by atoms with Gasteiger partial charge in [0.25, 0.3) is 0 Å². The summed E-state index contributed by atoms with van der Waals surface area (Å²) in [6.07, 6.45) is 6.28. The van der Waals surface area contributed by atoms with Gasteiger partial charge in [-0.25, -0.2) is 4.98 Å². The van der Waals surface area contributed by atoms with Crippen molar-refractivity contribution in [2.45, 2.75) is 58.9 Å². The van der Waals surface area contributed by atoms with Gasteiger partial charge in [0.2, 0.25) is 0 Å². The van der Waals surface area contributed by atoms with Crippen molar-refractivity contribution in [1.29, 1.82) is 0 Å². The molecule has 1 heterocycles. The van der Waals surface area contributed by atoms with Crippen LogP contribution in [0.1, 0.15) is 50.2 Å². The maximum Gasteiger partial charge on any atom is 0.0943 e. The summed E-state index contributed by atoms with van der Waals surface area (Å²) in [7, 11) is 0. The normalized spacial score (nSPS) is 25.8. The van der Waals surface area contributed by atoms with Gasteiger partial charge in [0, 0.05) is 23.5 Å². The molecule has 17 heavy (non-hydrogen) atoms. The zero-order chi connectivity index (χ0) is 12.5. The maximum absolute atomic E-state index is 6.43. The first-order valence-electron chi connectivity index (χ1n) is 6.65. The predicted molar refractivity (Wildman–Crippen MR) is 74.3 cm³/mol. The lowest BCUT2D eigenvalue weighted by molar-refractivity contribution is 0.112. The Morgan fingerprint density at radius 1 is 1.53 bits per heavy atom. The number of rotatable bonds is 3. The topological polar surface area (TPSA) is 38.9 Å². The number of hydrogen-bond acceptors (Lipinski definition) is 3. The third kappa shape index (κ3) is 3.08. The van der Waals surface area contributed by atoms with Crippen molar-refractivity contribution in [2.24, 2.45) is 17.1 Å². The molecule has 0 bridgehead atoms. The molecule has 96 valence electrons. The summed E-state index contributed by atoms with van der Waals surface area (Å²) >= 11 is 1.75. The lowest BCUT2D eigenvalue weighted by Gasteiger charge is -2.41. The zero-order valence-corrected chi connectivity index (χ0v) is 12.0. The average molecular weight is 252 g/mol. The van der Waals surface area contributed by atoms with Gasteiger partial charge in [-0.3, -0.25) is 0 Å². The summed E-state index contributed by atoms with van der Waals surface area (Å²) in [6.45, 7) is 6.81. The summed E-state index contributed by atoms with van der Waals surface area (Å²) in [5, 5.41) is 3.32. The van der Waals surface area contributed by atoms with Crippen molar-refractivity contribution in [3.05, 3.63) is 16.1 Å². The molecule has 0 spiro atoms. The van der Waals surface area contributed by atoms with E-state index in [-0.39, 0.29) is 6.04 Å². The van der Waals surface area contributed by atoms with Gasteiger partial charge in [-0.2, -0.15) is 0 Å². The predicted octanol–water partition coefficient (Wildman–Crippen LogP) is 3.54. The van der Waals surface area contributed by atoms with Crippen molar-refractivity contribution >= 4 is 11.3 Å². The second kappa shape index (κ2) is 5.07. The number of nitrogens with zero attached hydrogens (tertiary/aromatic N) is 1. The molecule has 0 saturated heterocycles. The number of aromatic nitrogens is 1. The van der Waals surface area contributed by atoms with Gasteiger partial charge in [0.15, 0.2) is 0 Å². The van der Waals surface area contributed by atoms with Crippen LogP contribution in [0.3, 0.4) is 0 Å². The molecule has 1 aliphatic rings. The summed E-state index contributed by atoms with van der Waals surface area (Å²) < 4.78 is 0. The molecule has 3 heteroatoms. The van der Waals surface area contributed by atoms with Gasteiger partial charge in [-0.05, 0) is 31.1 Å². The third-order valence-electron chi connectivity index (χ3n) is 4.18. The van der Waals surface area contributed by atoms with Crippen LogP contribution in [0, 0.1) is 18.3 Å². The molecule has 2 atom stereocenters. The van der Waals surface area contributed by atoms with E-state index in [4.69, 9.17) is 5.73 Å².